The maximum Gasteiger partial charge on any atom is 0.228 e. The van der Waals surface area contributed by atoms with Crippen LogP contribution in [0.25, 0.3) is 10.9 Å². The molecule has 178 valence electrons. The van der Waals surface area contributed by atoms with Gasteiger partial charge in [0.2, 0.25) is 5.95 Å². The highest BCUT2D eigenvalue weighted by molar-refractivity contribution is 7.87. The van der Waals surface area contributed by atoms with Gasteiger partial charge < -0.3 is 15.5 Å². The summed E-state index contributed by atoms with van der Waals surface area (Å²) in [5, 5.41) is 0.962. The number of benzene rings is 2. The lowest BCUT2D eigenvalue weighted by molar-refractivity contribution is 0.268. The van der Waals surface area contributed by atoms with Crippen LogP contribution in [0.2, 0.25) is 0 Å². The second kappa shape index (κ2) is 8.89. The van der Waals surface area contributed by atoms with E-state index in [1.807, 2.05) is 4.90 Å². The molecule has 0 radical (unpaired) electrons. The molecule has 1 aliphatic carbocycles. The molecule has 8 heteroatoms. The number of hydrogen-bond acceptors (Lipinski definition) is 6. The van der Waals surface area contributed by atoms with Crippen LogP contribution in [-0.2, 0) is 17.2 Å². The van der Waals surface area contributed by atoms with Gasteiger partial charge in [0.25, 0.3) is 0 Å². The normalized spacial score (nSPS) is 25.4. The van der Waals surface area contributed by atoms with Crippen molar-refractivity contribution in [3.05, 3.63) is 53.6 Å². The number of fused-ring (bicyclic) bond motifs is 2. The van der Waals surface area contributed by atoms with E-state index in [0.717, 1.165) is 41.1 Å². The summed E-state index contributed by atoms with van der Waals surface area (Å²) < 4.78 is 19.6. The number of nitrogens with zero attached hydrogens (tertiary/aromatic N) is 5. The molecule has 1 aromatic heterocycles. The smallest absolute Gasteiger partial charge is 0.228 e. The number of alkyl halides is 1. The molecular formula is C26H31FN6S. The highest BCUT2D eigenvalue weighted by Crippen LogP contribution is 2.33. The number of nitrogens with two attached hydrogens (primary N) is 1. The summed E-state index contributed by atoms with van der Waals surface area (Å²) in [6, 6.07) is 15.2. The second-order valence-corrected chi connectivity index (χ2v) is 11.6. The summed E-state index contributed by atoms with van der Waals surface area (Å²) in [7, 11) is -0.0972. The predicted molar refractivity (Wildman–Crippen MR) is 137 cm³/mol. The van der Waals surface area contributed by atoms with E-state index in [4.69, 9.17) is 20.1 Å². The average Bonchev–Trinajstić information content (AvgIpc) is 3.65. The molecule has 3 atom stereocenters. The van der Waals surface area contributed by atoms with Gasteiger partial charge >= 0.3 is 0 Å². The van der Waals surface area contributed by atoms with Crippen molar-refractivity contribution < 1.29 is 4.39 Å². The lowest BCUT2D eigenvalue weighted by atomic mass is 10.0. The van der Waals surface area contributed by atoms with Gasteiger partial charge in [-0.3, -0.25) is 4.36 Å². The molecule has 2 fully saturated rings. The molecule has 0 bridgehead atoms. The molecule has 3 heterocycles. The first-order valence-electron chi connectivity index (χ1n) is 12.2. The lowest BCUT2D eigenvalue weighted by Gasteiger charge is -2.35. The van der Waals surface area contributed by atoms with Gasteiger partial charge in [0.15, 0.2) is 0 Å². The fourth-order valence-electron chi connectivity index (χ4n) is 4.94. The van der Waals surface area contributed by atoms with Gasteiger partial charge in [-0.1, -0.05) is 40.5 Å². The van der Waals surface area contributed by atoms with Gasteiger partial charge in [0.1, 0.15) is 12.0 Å². The molecule has 2 aliphatic heterocycles. The van der Waals surface area contributed by atoms with Crippen LogP contribution < -0.4 is 15.5 Å². The fourth-order valence-corrected chi connectivity index (χ4v) is 7.01. The van der Waals surface area contributed by atoms with Crippen LogP contribution in [0.5, 0.6) is 0 Å². The Kier molecular flexibility index (Phi) is 5.73. The van der Waals surface area contributed by atoms with Crippen LogP contribution in [0.3, 0.4) is 0 Å². The second-order valence-electron chi connectivity index (χ2n) is 9.80. The third kappa shape index (κ3) is 4.41. The minimum absolute atomic E-state index is 0.0972. The van der Waals surface area contributed by atoms with Gasteiger partial charge in [-0.25, -0.2) is 9.37 Å². The standard InChI is InChI=1S/C26H31FN6S/c1-17-6-9-23-22(12-17)25(33-15-19(27)13-20(28)16-33)30-26(29-23)32-10-11-34(31-21-7-8-21)24-5-3-2-4-18(24)14-32/h2-6,9,12,19-21H,7-8,10-11,13-16,28H2,1H3/t19-,20+,34?/m1/s1. The highest BCUT2D eigenvalue weighted by atomic mass is 32.2. The maximum atomic E-state index is 14.5. The summed E-state index contributed by atoms with van der Waals surface area (Å²) in [5.41, 5.74) is 9.52. The Morgan fingerprint density at radius 1 is 1.09 bits per heavy atom. The molecule has 6 nitrogen and oxygen atoms in total. The third-order valence-corrected chi connectivity index (χ3v) is 8.83. The van der Waals surface area contributed by atoms with Gasteiger partial charge in [0.05, 0.1) is 18.1 Å². The molecule has 3 aliphatic rings. The Labute approximate surface area is 202 Å². The highest BCUT2D eigenvalue weighted by Gasteiger charge is 2.29. The van der Waals surface area contributed by atoms with Crippen LogP contribution in [0.1, 0.15) is 30.4 Å². The summed E-state index contributed by atoms with van der Waals surface area (Å²) >= 11 is 0. The number of anilines is 2. The zero-order valence-corrected chi connectivity index (χ0v) is 20.3. The maximum absolute atomic E-state index is 14.5. The van der Waals surface area contributed by atoms with E-state index < -0.39 is 6.17 Å². The minimum atomic E-state index is -0.946. The zero-order chi connectivity index (χ0) is 23.2. The first-order chi connectivity index (χ1) is 16.5. The van der Waals surface area contributed by atoms with Crippen molar-refractivity contribution in [1.82, 2.24) is 9.97 Å². The van der Waals surface area contributed by atoms with E-state index in [9.17, 15) is 4.39 Å². The van der Waals surface area contributed by atoms with E-state index in [0.29, 0.717) is 31.5 Å². The molecule has 2 N–H and O–H groups in total. The summed E-state index contributed by atoms with van der Waals surface area (Å²) in [4.78, 5) is 15.7. The van der Waals surface area contributed by atoms with E-state index in [1.165, 1.54) is 23.3 Å². The Morgan fingerprint density at radius 2 is 1.94 bits per heavy atom. The molecule has 1 saturated heterocycles. The van der Waals surface area contributed by atoms with E-state index in [1.54, 1.807) is 0 Å². The van der Waals surface area contributed by atoms with Crippen molar-refractivity contribution in [3.63, 3.8) is 0 Å². The Bertz CT molecular complexity index is 1250. The van der Waals surface area contributed by atoms with Gasteiger partial charge in [0, 0.05) is 41.7 Å². The summed E-state index contributed by atoms with van der Waals surface area (Å²) in [5.74, 6) is 2.47. The number of halogens is 1. The predicted octanol–water partition coefficient (Wildman–Crippen LogP) is 4.16. The number of aryl methyl sites for hydroxylation is 1. The van der Waals surface area contributed by atoms with E-state index in [-0.39, 0.29) is 16.7 Å². The largest absolute Gasteiger partial charge is 0.351 e. The first kappa shape index (κ1) is 21.9. The van der Waals surface area contributed by atoms with Crippen molar-refractivity contribution in [3.8, 4) is 0 Å². The number of rotatable bonds is 3. The third-order valence-electron chi connectivity index (χ3n) is 6.80. The number of hydrogen-bond donors (Lipinski definition) is 1. The molecular weight excluding hydrogens is 447 g/mol. The molecule has 34 heavy (non-hydrogen) atoms. The lowest BCUT2D eigenvalue weighted by Crippen LogP contribution is -2.48. The van der Waals surface area contributed by atoms with E-state index in [2.05, 4.69) is 54.3 Å². The minimum Gasteiger partial charge on any atom is -0.351 e. The van der Waals surface area contributed by atoms with Crippen molar-refractivity contribution in [2.75, 3.05) is 35.2 Å². The molecule has 3 aromatic rings. The molecule has 2 aromatic carbocycles. The fraction of sp³-hybridized carbons (Fsp3) is 0.462. The Morgan fingerprint density at radius 3 is 2.76 bits per heavy atom. The Hall–Kier alpha value is -2.58. The van der Waals surface area contributed by atoms with E-state index >= 15 is 0 Å². The monoisotopic (exact) mass is 478 g/mol. The number of aromatic nitrogens is 2. The van der Waals surface area contributed by atoms with Crippen LogP contribution in [0, 0.1) is 6.92 Å². The van der Waals surface area contributed by atoms with Crippen LogP contribution >= 0.6 is 0 Å². The van der Waals surface area contributed by atoms with Crippen molar-refractivity contribution in [2.24, 2.45) is 10.1 Å². The van der Waals surface area contributed by atoms with Gasteiger partial charge in [-0.2, -0.15) is 4.98 Å². The van der Waals surface area contributed by atoms with Crippen LogP contribution in [0.4, 0.5) is 16.2 Å². The molecule has 6 rings (SSSR count). The molecule has 1 saturated carbocycles. The number of piperidine rings is 1. The summed E-state index contributed by atoms with van der Waals surface area (Å²) in [6.45, 7) is 4.58. The Balaban J connectivity index is 1.42. The molecule has 0 amide bonds. The zero-order valence-electron chi connectivity index (χ0n) is 19.5. The van der Waals surface area contributed by atoms with Crippen LogP contribution in [-0.4, -0.2) is 53.6 Å². The molecule has 1 unspecified atom stereocenters. The summed E-state index contributed by atoms with van der Waals surface area (Å²) in [6.07, 6.45) is 1.90. The van der Waals surface area contributed by atoms with Crippen molar-refractivity contribution in [1.29, 1.82) is 0 Å². The van der Waals surface area contributed by atoms with Gasteiger partial charge in [-0.05, 0) is 49.9 Å². The SMILES string of the molecule is Cc1ccc2nc(N3CCS(=NC4CC4)c4ccccc4C3)nc(N3C[C@@H](N)C[C@@H](F)C3)c2c1. The molecule has 0 spiro atoms. The van der Waals surface area contributed by atoms with Crippen molar-refractivity contribution in [2.45, 2.75) is 55.9 Å². The quantitative estimate of drug-likeness (QED) is 0.612. The van der Waals surface area contributed by atoms with Crippen molar-refractivity contribution >= 4 is 33.4 Å². The van der Waals surface area contributed by atoms with Gasteiger partial charge in [-0.15, -0.1) is 0 Å². The van der Waals surface area contributed by atoms with Crippen LogP contribution in [0.15, 0.2) is 51.7 Å². The first-order valence-corrected chi connectivity index (χ1v) is 13.6. The topological polar surface area (TPSA) is 70.6 Å². The average molecular weight is 479 g/mol.